The van der Waals surface area contributed by atoms with E-state index in [2.05, 4.69) is 15.5 Å². The van der Waals surface area contributed by atoms with Crippen molar-refractivity contribution in [3.63, 3.8) is 0 Å². The van der Waals surface area contributed by atoms with Gasteiger partial charge in [0, 0.05) is 32.6 Å². The summed E-state index contributed by atoms with van der Waals surface area (Å²) in [6.45, 7) is 2.54. The van der Waals surface area contributed by atoms with Crippen LogP contribution in [-0.2, 0) is 11.2 Å². The van der Waals surface area contributed by atoms with Gasteiger partial charge in [-0.2, -0.15) is 5.11 Å². The van der Waals surface area contributed by atoms with Gasteiger partial charge in [0.15, 0.2) is 0 Å². The Kier molecular flexibility index (Phi) is 4.77. The standard InChI is InChI=1S/C20H19FN4O2/c21-17-6-5-13(11-16(17)20(27)25-9-7-22-8-10-25)12-18-14-3-1-2-4-15(14)19(26)24-23-18/h1-6,11,15,22H,7-10,12H2. The minimum Gasteiger partial charge on any atom is -0.336 e. The van der Waals surface area contributed by atoms with Crippen LogP contribution in [-0.4, -0.2) is 42.9 Å². The van der Waals surface area contributed by atoms with Gasteiger partial charge in [-0.05, 0) is 23.3 Å². The Morgan fingerprint density at radius 3 is 2.85 bits per heavy atom. The molecule has 1 atom stereocenters. The molecule has 0 radical (unpaired) electrons. The second-order valence-corrected chi connectivity index (χ2v) is 6.70. The van der Waals surface area contributed by atoms with E-state index in [-0.39, 0.29) is 17.4 Å². The van der Waals surface area contributed by atoms with Gasteiger partial charge in [-0.25, -0.2) is 4.39 Å². The van der Waals surface area contributed by atoms with Crippen LogP contribution in [0.15, 0.2) is 64.0 Å². The highest BCUT2D eigenvalue weighted by Gasteiger charge is 2.27. The summed E-state index contributed by atoms with van der Waals surface area (Å²) in [4.78, 5) is 26.2. The third-order valence-corrected chi connectivity index (χ3v) is 4.93. The summed E-state index contributed by atoms with van der Waals surface area (Å²) in [5.74, 6) is -1.53. The van der Waals surface area contributed by atoms with Crippen molar-refractivity contribution in [1.82, 2.24) is 10.2 Å². The molecule has 3 aliphatic rings. The average Bonchev–Trinajstić information content (AvgIpc) is 2.72. The number of rotatable bonds is 3. The third kappa shape index (κ3) is 3.50. The summed E-state index contributed by atoms with van der Waals surface area (Å²) in [6, 6.07) is 4.53. The van der Waals surface area contributed by atoms with Crippen molar-refractivity contribution in [3.8, 4) is 0 Å². The molecule has 0 saturated carbocycles. The highest BCUT2D eigenvalue weighted by atomic mass is 19.1. The second kappa shape index (κ2) is 7.36. The van der Waals surface area contributed by atoms with Gasteiger partial charge in [-0.1, -0.05) is 30.4 Å². The zero-order chi connectivity index (χ0) is 18.8. The molecule has 1 unspecified atom stereocenters. The summed E-state index contributed by atoms with van der Waals surface area (Å²) >= 11 is 0. The molecule has 2 aliphatic heterocycles. The van der Waals surface area contributed by atoms with E-state index in [1.165, 1.54) is 6.07 Å². The highest BCUT2D eigenvalue weighted by Crippen LogP contribution is 2.30. The lowest BCUT2D eigenvalue weighted by atomic mass is 9.89. The number of amides is 2. The zero-order valence-electron chi connectivity index (χ0n) is 14.7. The molecule has 6 nitrogen and oxygen atoms in total. The van der Waals surface area contributed by atoms with Gasteiger partial charge in [0.1, 0.15) is 5.82 Å². The van der Waals surface area contributed by atoms with Crippen LogP contribution in [0.1, 0.15) is 15.9 Å². The minimum atomic E-state index is -0.529. The molecule has 4 rings (SSSR count). The first-order valence-electron chi connectivity index (χ1n) is 8.95. The number of nitrogens with one attached hydrogen (secondary N) is 1. The molecule has 0 spiro atoms. The van der Waals surface area contributed by atoms with Crippen LogP contribution in [0.4, 0.5) is 4.39 Å². The molecule has 7 heteroatoms. The molecule has 2 amide bonds. The van der Waals surface area contributed by atoms with Crippen molar-refractivity contribution in [3.05, 3.63) is 70.7 Å². The monoisotopic (exact) mass is 366 g/mol. The van der Waals surface area contributed by atoms with Crippen molar-refractivity contribution >= 4 is 11.8 Å². The lowest BCUT2D eigenvalue weighted by Gasteiger charge is -2.27. The molecule has 1 aromatic carbocycles. The predicted octanol–water partition coefficient (Wildman–Crippen LogP) is 2.40. The Morgan fingerprint density at radius 1 is 1.22 bits per heavy atom. The molecule has 2 heterocycles. The molecule has 0 bridgehead atoms. The summed E-state index contributed by atoms with van der Waals surface area (Å²) in [5, 5.41) is 11.0. The van der Waals surface area contributed by atoms with E-state index in [0.717, 1.165) is 11.1 Å². The molecule has 0 aromatic heterocycles. The van der Waals surface area contributed by atoms with Crippen molar-refractivity contribution in [2.24, 2.45) is 16.1 Å². The van der Waals surface area contributed by atoms with E-state index in [1.54, 1.807) is 23.1 Å². The molecule has 1 saturated heterocycles. The van der Waals surface area contributed by atoms with Crippen LogP contribution in [0.5, 0.6) is 0 Å². The number of allylic oxidation sites excluding steroid dienone is 4. The summed E-state index contributed by atoms with van der Waals surface area (Å²) in [5.41, 5.74) is 2.29. The average molecular weight is 366 g/mol. The van der Waals surface area contributed by atoms with Crippen LogP contribution >= 0.6 is 0 Å². The number of azo groups is 1. The summed E-state index contributed by atoms with van der Waals surface area (Å²) in [6.07, 6.45) is 7.69. The molecule has 27 heavy (non-hydrogen) atoms. The molecule has 1 fully saturated rings. The lowest BCUT2D eigenvalue weighted by Crippen LogP contribution is -2.46. The van der Waals surface area contributed by atoms with E-state index in [9.17, 15) is 14.0 Å². The predicted molar refractivity (Wildman–Crippen MR) is 97.5 cm³/mol. The van der Waals surface area contributed by atoms with E-state index in [1.807, 2.05) is 18.2 Å². The molecule has 1 aromatic rings. The minimum absolute atomic E-state index is 0.0689. The number of piperazine rings is 1. The Hall–Kier alpha value is -2.93. The first-order valence-corrected chi connectivity index (χ1v) is 8.95. The number of hydrogen-bond acceptors (Lipinski definition) is 4. The zero-order valence-corrected chi connectivity index (χ0v) is 14.7. The summed E-state index contributed by atoms with van der Waals surface area (Å²) in [7, 11) is 0. The Bertz CT molecular complexity index is 911. The maximum absolute atomic E-state index is 14.3. The first-order chi connectivity index (χ1) is 13.1. The van der Waals surface area contributed by atoms with Crippen LogP contribution in [0.3, 0.4) is 0 Å². The number of carbonyl (C=O) groups excluding carboxylic acids is 2. The van der Waals surface area contributed by atoms with Gasteiger partial charge in [0.2, 0.25) is 0 Å². The Balaban J connectivity index is 1.61. The van der Waals surface area contributed by atoms with Crippen molar-refractivity contribution in [1.29, 1.82) is 0 Å². The molecule has 1 aliphatic carbocycles. The number of halogens is 1. The normalized spacial score (nSPS) is 21.6. The molecular formula is C20H19FN4O2. The summed E-state index contributed by atoms with van der Waals surface area (Å²) < 4.78 is 14.3. The maximum Gasteiger partial charge on any atom is 0.275 e. The van der Waals surface area contributed by atoms with Gasteiger partial charge in [-0.3, -0.25) is 9.59 Å². The first kappa shape index (κ1) is 17.5. The van der Waals surface area contributed by atoms with E-state index >= 15 is 0 Å². The largest absolute Gasteiger partial charge is 0.336 e. The molecule has 1 N–H and O–H groups in total. The number of nitrogens with zero attached hydrogens (tertiary/aromatic N) is 3. The number of hydrogen-bond donors (Lipinski definition) is 1. The van der Waals surface area contributed by atoms with Crippen LogP contribution < -0.4 is 5.32 Å². The van der Waals surface area contributed by atoms with Crippen molar-refractivity contribution in [2.45, 2.75) is 6.42 Å². The van der Waals surface area contributed by atoms with Crippen LogP contribution in [0.25, 0.3) is 0 Å². The van der Waals surface area contributed by atoms with Gasteiger partial charge in [0.25, 0.3) is 11.8 Å². The SMILES string of the molecule is O=C1N=NC(Cc2ccc(F)c(C(=O)N3CCNCC3)c2)=C2C=CC=CC12. The Labute approximate surface area is 156 Å². The second-order valence-electron chi connectivity index (χ2n) is 6.70. The lowest BCUT2D eigenvalue weighted by molar-refractivity contribution is -0.120. The highest BCUT2D eigenvalue weighted by molar-refractivity contribution is 5.94. The van der Waals surface area contributed by atoms with E-state index in [0.29, 0.717) is 38.3 Å². The van der Waals surface area contributed by atoms with Gasteiger partial charge in [-0.15, -0.1) is 5.11 Å². The quantitative estimate of drug-likeness (QED) is 0.893. The van der Waals surface area contributed by atoms with Gasteiger partial charge in [0.05, 0.1) is 17.2 Å². The van der Waals surface area contributed by atoms with Crippen LogP contribution in [0.2, 0.25) is 0 Å². The molecular weight excluding hydrogens is 347 g/mol. The Morgan fingerprint density at radius 2 is 2.04 bits per heavy atom. The van der Waals surface area contributed by atoms with E-state index in [4.69, 9.17) is 0 Å². The fourth-order valence-corrected chi connectivity index (χ4v) is 3.48. The van der Waals surface area contributed by atoms with Gasteiger partial charge >= 0.3 is 0 Å². The number of carbonyl (C=O) groups is 2. The van der Waals surface area contributed by atoms with E-state index < -0.39 is 11.7 Å². The van der Waals surface area contributed by atoms with Crippen molar-refractivity contribution in [2.75, 3.05) is 26.2 Å². The van der Waals surface area contributed by atoms with Crippen LogP contribution in [0, 0.1) is 11.7 Å². The number of fused-ring (bicyclic) bond motifs is 1. The third-order valence-electron chi connectivity index (χ3n) is 4.93. The molecule has 138 valence electrons. The smallest absolute Gasteiger partial charge is 0.275 e. The van der Waals surface area contributed by atoms with Gasteiger partial charge < -0.3 is 10.2 Å². The fraction of sp³-hybridized carbons (Fsp3) is 0.300. The van der Waals surface area contributed by atoms with Crippen molar-refractivity contribution < 1.29 is 14.0 Å². The topological polar surface area (TPSA) is 74.1 Å². The number of benzene rings is 1. The maximum atomic E-state index is 14.3. The fourth-order valence-electron chi connectivity index (χ4n) is 3.48.